The van der Waals surface area contributed by atoms with Crippen LogP contribution >= 0.6 is 0 Å². The van der Waals surface area contributed by atoms with Crippen molar-refractivity contribution in [2.24, 2.45) is 0 Å². The van der Waals surface area contributed by atoms with Crippen molar-refractivity contribution in [2.45, 2.75) is 57.6 Å². The zero-order chi connectivity index (χ0) is 15.1. The third-order valence-electron chi connectivity index (χ3n) is 4.15. The summed E-state index contributed by atoms with van der Waals surface area (Å²) in [6.45, 7) is 3.92. The normalized spacial score (nSPS) is 16.9. The van der Waals surface area contributed by atoms with E-state index in [1.807, 2.05) is 13.1 Å². The summed E-state index contributed by atoms with van der Waals surface area (Å²) >= 11 is 0. The molecule has 3 N–H and O–H groups in total. The van der Waals surface area contributed by atoms with Gasteiger partial charge in [-0.05, 0) is 32.6 Å². The zero-order valence-electron chi connectivity index (χ0n) is 12.8. The smallest absolute Gasteiger partial charge is 0.314 e. The van der Waals surface area contributed by atoms with E-state index >= 15 is 0 Å². The van der Waals surface area contributed by atoms with Crippen LogP contribution in [0.15, 0.2) is 12.4 Å². The number of imidazole rings is 1. The molecule has 0 spiro atoms. The summed E-state index contributed by atoms with van der Waals surface area (Å²) in [5.74, 6) is 1.02. The number of aryl methyl sites for hydroxylation is 2. The summed E-state index contributed by atoms with van der Waals surface area (Å²) in [7, 11) is 0. The van der Waals surface area contributed by atoms with Crippen LogP contribution in [0.5, 0.6) is 0 Å². The Morgan fingerprint density at radius 2 is 2.14 bits per heavy atom. The Hall–Kier alpha value is -1.56. The molecule has 0 saturated heterocycles. The minimum absolute atomic E-state index is 0.186. The fourth-order valence-electron chi connectivity index (χ4n) is 2.77. The molecule has 0 unspecified atom stereocenters. The van der Waals surface area contributed by atoms with Gasteiger partial charge in [-0.1, -0.05) is 12.8 Å². The molecule has 6 heteroatoms. The number of unbranched alkanes of at least 4 members (excludes halogenated alkanes) is 1. The van der Waals surface area contributed by atoms with Gasteiger partial charge >= 0.3 is 6.03 Å². The maximum atomic E-state index is 11.6. The highest BCUT2D eigenvalue weighted by Crippen LogP contribution is 2.28. The predicted molar refractivity (Wildman–Crippen MR) is 81.0 cm³/mol. The topological polar surface area (TPSA) is 79.2 Å². The van der Waals surface area contributed by atoms with Crippen LogP contribution < -0.4 is 10.6 Å². The SMILES string of the molecule is Cc1nccn1CCCCNC(=O)NCC1(O)CCCC1. The van der Waals surface area contributed by atoms with E-state index in [0.29, 0.717) is 13.1 Å². The fraction of sp³-hybridized carbons (Fsp3) is 0.733. The number of nitrogens with one attached hydrogen (secondary N) is 2. The molecule has 6 nitrogen and oxygen atoms in total. The van der Waals surface area contributed by atoms with Crippen molar-refractivity contribution in [1.29, 1.82) is 0 Å². The minimum atomic E-state index is -0.684. The van der Waals surface area contributed by atoms with E-state index < -0.39 is 5.60 Å². The number of hydrogen-bond donors (Lipinski definition) is 3. The molecule has 0 aliphatic heterocycles. The number of rotatable bonds is 7. The number of amides is 2. The van der Waals surface area contributed by atoms with Crippen LogP contribution in [0, 0.1) is 6.92 Å². The van der Waals surface area contributed by atoms with Gasteiger partial charge in [-0.25, -0.2) is 9.78 Å². The Balaban J connectivity index is 1.52. The standard InChI is InChI=1S/C15H26N4O2/c1-13-16-9-11-19(13)10-5-4-8-17-14(20)18-12-15(21)6-2-3-7-15/h9,11,21H,2-8,10,12H2,1H3,(H2,17,18,20). The number of hydrogen-bond acceptors (Lipinski definition) is 3. The highest BCUT2D eigenvalue weighted by molar-refractivity contribution is 5.73. The van der Waals surface area contributed by atoms with Gasteiger partial charge in [0.25, 0.3) is 0 Å². The van der Waals surface area contributed by atoms with E-state index in [0.717, 1.165) is 50.9 Å². The van der Waals surface area contributed by atoms with Crippen molar-refractivity contribution in [2.75, 3.05) is 13.1 Å². The quantitative estimate of drug-likeness (QED) is 0.668. The van der Waals surface area contributed by atoms with Gasteiger partial charge in [-0.15, -0.1) is 0 Å². The second-order valence-electron chi connectivity index (χ2n) is 5.92. The van der Waals surface area contributed by atoms with Gasteiger partial charge in [0.2, 0.25) is 0 Å². The van der Waals surface area contributed by atoms with Gasteiger partial charge in [0.05, 0.1) is 5.60 Å². The molecule has 1 fully saturated rings. The Morgan fingerprint density at radius 3 is 2.81 bits per heavy atom. The lowest BCUT2D eigenvalue weighted by atomic mass is 10.0. The van der Waals surface area contributed by atoms with Crippen molar-refractivity contribution >= 4 is 6.03 Å². The van der Waals surface area contributed by atoms with Crippen LogP contribution in [0.1, 0.15) is 44.3 Å². The minimum Gasteiger partial charge on any atom is -0.388 e. The van der Waals surface area contributed by atoms with E-state index in [1.54, 1.807) is 6.20 Å². The maximum absolute atomic E-state index is 11.6. The second kappa shape index (κ2) is 7.45. The van der Waals surface area contributed by atoms with Crippen molar-refractivity contribution < 1.29 is 9.90 Å². The Bertz CT molecular complexity index is 452. The predicted octanol–water partition coefficient (Wildman–Crippen LogP) is 1.58. The van der Waals surface area contributed by atoms with Crippen molar-refractivity contribution in [3.8, 4) is 0 Å². The van der Waals surface area contributed by atoms with Crippen LogP contribution in [-0.4, -0.2) is 39.4 Å². The van der Waals surface area contributed by atoms with Crippen LogP contribution in [-0.2, 0) is 6.54 Å². The monoisotopic (exact) mass is 294 g/mol. The number of carbonyl (C=O) groups is 1. The van der Waals surface area contributed by atoms with Crippen molar-refractivity contribution in [3.63, 3.8) is 0 Å². The van der Waals surface area contributed by atoms with E-state index in [-0.39, 0.29) is 6.03 Å². The largest absolute Gasteiger partial charge is 0.388 e. The number of nitrogens with zero attached hydrogens (tertiary/aromatic N) is 2. The molecule has 1 aliphatic carbocycles. The molecule has 1 heterocycles. The summed E-state index contributed by atoms with van der Waals surface area (Å²) < 4.78 is 2.11. The van der Waals surface area contributed by atoms with Crippen LogP contribution in [0.2, 0.25) is 0 Å². The number of urea groups is 1. The summed E-state index contributed by atoms with van der Waals surface area (Å²) in [5, 5.41) is 15.7. The van der Waals surface area contributed by atoms with Crippen LogP contribution in [0.3, 0.4) is 0 Å². The molecule has 0 atom stereocenters. The molecule has 21 heavy (non-hydrogen) atoms. The van der Waals surface area contributed by atoms with Gasteiger partial charge in [0, 0.05) is 32.0 Å². The van der Waals surface area contributed by atoms with E-state index in [2.05, 4.69) is 20.2 Å². The molecule has 1 aromatic heterocycles. The molecule has 2 amide bonds. The second-order valence-corrected chi connectivity index (χ2v) is 5.92. The van der Waals surface area contributed by atoms with Gasteiger partial charge in [-0.3, -0.25) is 0 Å². The molecule has 118 valence electrons. The van der Waals surface area contributed by atoms with Gasteiger partial charge in [0.1, 0.15) is 5.82 Å². The lowest BCUT2D eigenvalue weighted by Crippen LogP contribution is -2.45. The first kappa shape index (κ1) is 15.8. The number of aliphatic hydroxyl groups is 1. The third-order valence-corrected chi connectivity index (χ3v) is 4.15. The van der Waals surface area contributed by atoms with Crippen molar-refractivity contribution in [1.82, 2.24) is 20.2 Å². The Kier molecular flexibility index (Phi) is 5.61. The van der Waals surface area contributed by atoms with E-state index in [1.165, 1.54) is 0 Å². The van der Waals surface area contributed by atoms with Crippen LogP contribution in [0.25, 0.3) is 0 Å². The Morgan fingerprint density at radius 1 is 1.38 bits per heavy atom. The fourth-order valence-corrected chi connectivity index (χ4v) is 2.77. The van der Waals surface area contributed by atoms with Gasteiger partial charge < -0.3 is 20.3 Å². The molecule has 1 saturated carbocycles. The van der Waals surface area contributed by atoms with Gasteiger partial charge in [0.15, 0.2) is 0 Å². The van der Waals surface area contributed by atoms with E-state index in [9.17, 15) is 9.90 Å². The lowest BCUT2D eigenvalue weighted by Gasteiger charge is -2.22. The molecule has 2 rings (SSSR count). The summed E-state index contributed by atoms with van der Waals surface area (Å²) in [5.41, 5.74) is -0.684. The molecule has 1 aromatic rings. The summed E-state index contributed by atoms with van der Waals surface area (Å²) in [4.78, 5) is 15.8. The highest BCUT2D eigenvalue weighted by atomic mass is 16.3. The number of carbonyl (C=O) groups excluding carboxylic acids is 1. The van der Waals surface area contributed by atoms with Crippen LogP contribution in [0.4, 0.5) is 4.79 Å². The van der Waals surface area contributed by atoms with Gasteiger partial charge in [-0.2, -0.15) is 0 Å². The molecular formula is C15H26N4O2. The lowest BCUT2D eigenvalue weighted by molar-refractivity contribution is 0.0501. The molecular weight excluding hydrogens is 268 g/mol. The summed E-state index contributed by atoms with van der Waals surface area (Å²) in [6, 6.07) is -0.186. The highest BCUT2D eigenvalue weighted by Gasteiger charge is 2.31. The number of aromatic nitrogens is 2. The molecule has 1 aliphatic rings. The molecule has 0 radical (unpaired) electrons. The van der Waals surface area contributed by atoms with Crippen molar-refractivity contribution in [3.05, 3.63) is 18.2 Å². The molecule has 0 aromatic carbocycles. The first-order valence-corrected chi connectivity index (χ1v) is 7.81. The van der Waals surface area contributed by atoms with E-state index in [4.69, 9.17) is 0 Å². The summed E-state index contributed by atoms with van der Waals surface area (Å²) in [6.07, 6.45) is 9.37. The molecule has 0 bridgehead atoms. The average molecular weight is 294 g/mol. The third kappa shape index (κ3) is 5.04. The first-order chi connectivity index (χ1) is 10.1. The Labute approximate surface area is 125 Å². The average Bonchev–Trinajstić information content (AvgIpc) is 3.06. The maximum Gasteiger partial charge on any atom is 0.314 e. The zero-order valence-corrected chi connectivity index (χ0v) is 12.8. The first-order valence-electron chi connectivity index (χ1n) is 7.81.